The average Bonchev–Trinajstić information content (AvgIpc) is 2.71. The monoisotopic (exact) mass is 354 g/mol. The van der Waals surface area contributed by atoms with Crippen molar-refractivity contribution in [2.24, 2.45) is 5.92 Å². The summed E-state index contributed by atoms with van der Waals surface area (Å²) in [5.74, 6) is 0.220. The smallest absolute Gasteiger partial charge is 0.0860 e. The van der Waals surface area contributed by atoms with Crippen molar-refractivity contribution in [1.29, 1.82) is 0 Å². The first-order chi connectivity index (χ1) is 7.08. The standard InChI is InChI=1S/C10H12Br2O2S/c1-5-2-6(4-14-5)9(13)7-3-8(11)15-10(7)12/h3,5-6,9,13H,2,4H2,1H3. The molecule has 0 saturated carbocycles. The van der Waals surface area contributed by atoms with E-state index in [0.717, 1.165) is 19.6 Å². The van der Waals surface area contributed by atoms with Gasteiger partial charge in [0, 0.05) is 11.5 Å². The molecule has 3 unspecified atom stereocenters. The highest BCUT2D eigenvalue weighted by Gasteiger charge is 2.30. The molecule has 1 aliphatic rings. The molecule has 1 aliphatic heterocycles. The fourth-order valence-electron chi connectivity index (χ4n) is 1.88. The molecule has 0 spiro atoms. The van der Waals surface area contributed by atoms with Crippen LogP contribution >= 0.6 is 43.2 Å². The number of rotatable bonds is 2. The first-order valence-electron chi connectivity index (χ1n) is 4.82. The van der Waals surface area contributed by atoms with Crippen LogP contribution in [0.5, 0.6) is 0 Å². The Labute approximate surface area is 110 Å². The SMILES string of the molecule is CC1CC(C(O)c2cc(Br)sc2Br)CO1. The highest BCUT2D eigenvalue weighted by Crippen LogP contribution is 2.40. The van der Waals surface area contributed by atoms with Crippen LogP contribution in [0.15, 0.2) is 13.6 Å². The van der Waals surface area contributed by atoms with E-state index in [1.54, 1.807) is 11.3 Å². The summed E-state index contributed by atoms with van der Waals surface area (Å²) < 4.78 is 7.51. The molecule has 2 rings (SSSR count). The molecule has 1 fully saturated rings. The van der Waals surface area contributed by atoms with Gasteiger partial charge in [0.1, 0.15) is 0 Å². The summed E-state index contributed by atoms with van der Waals surface area (Å²) in [7, 11) is 0. The molecule has 1 N–H and O–H groups in total. The maximum absolute atomic E-state index is 10.2. The largest absolute Gasteiger partial charge is 0.388 e. The zero-order valence-electron chi connectivity index (χ0n) is 8.24. The van der Waals surface area contributed by atoms with Gasteiger partial charge in [-0.05, 0) is 51.3 Å². The number of aliphatic hydroxyl groups excluding tert-OH is 1. The number of halogens is 2. The van der Waals surface area contributed by atoms with Crippen molar-refractivity contribution < 1.29 is 9.84 Å². The van der Waals surface area contributed by atoms with E-state index in [-0.39, 0.29) is 12.0 Å². The van der Waals surface area contributed by atoms with E-state index in [2.05, 4.69) is 31.9 Å². The second kappa shape index (κ2) is 4.84. The minimum absolute atomic E-state index is 0.220. The maximum atomic E-state index is 10.2. The summed E-state index contributed by atoms with van der Waals surface area (Å²) in [6.07, 6.45) is 0.776. The predicted molar refractivity (Wildman–Crippen MR) is 68.2 cm³/mol. The molecule has 2 heterocycles. The molecular formula is C10H12Br2O2S. The zero-order chi connectivity index (χ0) is 11.0. The lowest BCUT2D eigenvalue weighted by Crippen LogP contribution is -2.12. The minimum atomic E-state index is -0.424. The molecule has 84 valence electrons. The number of thiophene rings is 1. The molecule has 15 heavy (non-hydrogen) atoms. The lowest BCUT2D eigenvalue weighted by Gasteiger charge is -2.15. The Bertz CT molecular complexity index is 353. The lowest BCUT2D eigenvalue weighted by atomic mass is 9.95. The van der Waals surface area contributed by atoms with Gasteiger partial charge < -0.3 is 9.84 Å². The van der Waals surface area contributed by atoms with Gasteiger partial charge in [0.25, 0.3) is 0 Å². The van der Waals surface area contributed by atoms with Crippen molar-refractivity contribution in [1.82, 2.24) is 0 Å². The van der Waals surface area contributed by atoms with Gasteiger partial charge in [-0.1, -0.05) is 0 Å². The van der Waals surface area contributed by atoms with Gasteiger partial charge in [-0.2, -0.15) is 0 Å². The van der Waals surface area contributed by atoms with Crippen LogP contribution in [0.1, 0.15) is 25.0 Å². The Kier molecular flexibility index (Phi) is 3.88. The van der Waals surface area contributed by atoms with Gasteiger partial charge in [-0.25, -0.2) is 0 Å². The molecule has 1 aromatic rings. The van der Waals surface area contributed by atoms with Crippen molar-refractivity contribution in [3.05, 3.63) is 19.2 Å². The number of ether oxygens (including phenoxy) is 1. The Morgan fingerprint density at radius 2 is 2.33 bits per heavy atom. The highest BCUT2D eigenvalue weighted by molar-refractivity contribution is 9.12. The summed E-state index contributed by atoms with van der Waals surface area (Å²) >= 11 is 8.48. The highest BCUT2D eigenvalue weighted by atomic mass is 79.9. The molecule has 5 heteroatoms. The predicted octanol–water partition coefficient (Wildman–Crippen LogP) is 3.73. The van der Waals surface area contributed by atoms with Gasteiger partial charge in [0.2, 0.25) is 0 Å². The van der Waals surface area contributed by atoms with E-state index in [4.69, 9.17) is 4.74 Å². The summed E-state index contributed by atoms with van der Waals surface area (Å²) in [6, 6.07) is 1.97. The molecule has 0 bridgehead atoms. The quantitative estimate of drug-likeness (QED) is 0.875. The molecule has 3 atom stereocenters. The second-order valence-corrected chi connectivity index (χ2v) is 7.61. The fraction of sp³-hybridized carbons (Fsp3) is 0.600. The Balaban J connectivity index is 2.13. The van der Waals surface area contributed by atoms with Crippen molar-refractivity contribution in [3.8, 4) is 0 Å². The van der Waals surface area contributed by atoms with E-state index in [1.165, 1.54) is 0 Å². The van der Waals surface area contributed by atoms with Crippen molar-refractivity contribution in [3.63, 3.8) is 0 Å². The van der Waals surface area contributed by atoms with E-state index in [0.29, 0.717) is 6.61 Å². The fourth-order valence-corrected chi connectivity index (χ4v) is 4.79. The maximum Gasteiger partial charge on any atom is 0.0860 e. The number of hydrogen-bond donors (Lipinski definition) is 1. The van der Waals surface area contributed by atoms with Crippen LogP contribution in [0.4, 0.5) is 0 Å². The normalized spacial score (nSPS) is 28.3. The first kappa shape index (κ1) is 12.0. The summed E-state index contributed by atoms with van der Waals surface area (Å²) in [4.78, 5) is 0. The molecule has 1 aromatic heterocycles. The molecule has 0 aromatic carbocycles. The van der Waals surface area contributed by atoms with E-state index < -0.39 is 6.10 Å². The van der Waals surface area contributed by atoms with Crippen molar-refractivity contribution in [2.45, 2.75) is 25.6 Å². The van der Waals surface area contributed by atoms with Crippen LogP contribution in [-0.4, -0.2) is 17.8 Å². The third-order valence-electron chi connectivity index (χ3n) is 2.68. The van der Waals surface area contributed by atoms with Crippen LogP contribution in [-0.2, 0) is 4.74 Å². The molecular weight excluding hydrogens is 344 g/mol. The third-order valence-corrected chi connectivity index (χ3v) is 5.06. The molecule has 0 aliphatic carbocycles. The van der Waals surface area contributed by atoms with Gasteiger partial charge in [0.15, 0.2) is 0 Å². The van der Waals surface area contributed by atoms with Gasteiger partial charge in [0.05, 0.1) is 26.4 Å². The van der Waals surface area contributed by atoms with Gasteiger partial charge >= 0.3 is 0 Å². The second-order valence-electron chi connectivity index (χ2n) is 3.86. The Morgan fingerprint density at radius 1 is 1.60 bits per heavy atom. The summed E-state index contributed by atoms with van der Waals surface area (Å²) in [5.41, 5.74) is 0.967. The van der Waals surface area contributed by atoms with E-state index in [9.17, 15) is 5.11 Å². The van der Waals surface area contributed by atoms with Gasteiger partial charge in [-0.15, -0.1) is 11.3 Å². The first-order valence-corrected chi connectivity index (χ1v) is 7.22. The van der Waals surface area contributed by atoms with Crippen LogP contribution in [0, 0.1) is 5.92 Å². The van der Waals surface area contributed by atoms with E-state index >= 15 is 0 Å². The lowest BCUT2D eigenvalue weighted by molar-refractivity contribution is 0.0803. The number of aliphatic hydroxyl groups is 1. The Morgan fingerprint density at radius 3 is 2.80 bits per heavy atom. The van der Waals surface area contributed by atoms with E-state index in [1.807, 2.05) is 13.0 Å². The molecule has 1 saturated heterocycles. The van der Waals surface area contributed by atoms with Gasteiger partial charge in [-0.3, -0.25) is 0 Å². The van der Waals surface area contributed by atoms with Crippen LogP contribution in [0.2, 0.25) is 0 Å². The number of hydrogen-bond acceptors (Lipinski definition) is 3. The Hall–Kier alpha value is 0.580. The average molecular weight is 356 g/mol. The minimum Gasteiger partial charge on any atom is -0.388 e. The molecule has 0 amide bonds. The van der Waals surface area contributed by atoms with Crippen LogP contribution in [0.3, 0.4) is 0 Å². The van der Waals surface area contributed by atoms with Crippen molar-refractivity contribution >= 4 is 43.2 Å². The molecule has 0 radical (unpaired) electrons. The summed E-state index contributed by atoms with van der Waals surface area (Å²) in [5, 5.41) is 10.2. The van der Waals surface area contributed by atoms with Crippen LogP contribution < -0.4 is 0 Å². The molecule has 2 nitrogen and oxygen atoms in total. The van der Waals surface area contributed by atoms with Crippen molar-refractivity contribution in [2.75, 3.05) is 6.61 Å². The van der Waals surface area contributed by atoms with Crippen LogP contribution in [0.25, 0.3) is 0 Å². The summed E-state index contributed by atoms with van der Waals surface area (Å²) in [6.45, 7) is 2.70. The topological polar surface area (TPSA) is 29.5 Å². The zero-order valence-corrected chi connectivity index (χ0v) is 12.2. The third kappa shape index (κ3) is 2.64.